The predicted molar refractivity (Wildman–Crippen MR) is 42.6 cm³/mol. The molecule has 3 nitrogen and oxygen atoms in total. The van der Waals surface area contributed by atoms with Gasteiger partial charge in [-0.1, -0.05) is 24.3 Å². The van der Waals surface area contributed by atoms with Gasteiger partial charge in [0, 0.05) is 5.56 Å². The van der Waals surface area contributed by atoms with Crippen LogP contribution in [0, 0.1) is 0 Å². The molecular formula is C7H9BO3. The Kier molecular flexibility index (Phi) is 2.65. The van der Waals surface area contributed by atoms with Crippen LogP contribution in [0.1, 0.15) is 11.9 Å². The van der Waals surface area contributed by atoms with E-state index in [4.69, 9.17) is 15.2 Å². The molecule has 0 aliphatic carbocycles. The molecule has 0 atom stereocenters. The van der Waals surface area contributed by atoms with E-state index in [0.717, 1.165) is 0 Å². The smallest absolute Gasteiger partial charge is 0.305 e. The summed E-state index contributed by atoms with van der Waals surface area (Å²) in [5.74, 6) is 0. The van der Waals surface area contributed by atoms with Gasteiger partial charge in [0.15, 0.2) is 6.29 Å². The van der Waals surface area contributed by atoms with Crippen molar-refractivity contribution < 1.29 is 15.2 Å². The highest BCUT2D eigenvalue weighted by Crippen LogP contribution is 2.04. The normalized spacial score (nSPS) is 10.2. The molecule has 0 unspecified atom stereocenters. The van der Waals surface area contributed by atoms with Crippen LogP contribution in [0.3, 0.4) is 0 Å². The second-order valence-electron chi connectivity index (χ2n) is 2.23. The van der Waals surface area contributed by atoms with Gasteiger partial charge in [-0.15, -0.1) is 0 Å². The van der Waals surface area contributed by atoms with Crippen molar-refractivity contribution >= 4 is 12.9 Å². The van der Waals surface area contributed by atoms with Crippen LogP contribution in [0.4, 0.5) is 0 Å². The second kappa shape index (κ2) is 3.53. The van der Waals surface area contributed by atoms with Crippen LogP contribution in [0.25, 0.3) is 0 Å². The van der Waals surface area contributed by atoms with Crippen molar-refractivity contribution in [3.05, 3.63) is 29.8 Å². The molecule has 0 saturated heterocycles. The van der Waals surface area contributed by atoms with Crippen LogP contribution < -0.4 is 5.46 Å². The number of hydrogen-bond donors (Lipinski definition) is 3. The highest BCUT2D eigenvalue weighted by Gasteiger charge is 2.07. The van der Waals surface area contributed by atoms with E-state index < -0.39 is 6.29 Å². The Morgan fingerprint density at radius 3 is 2.27 bits per heavy atom. The van der Waals surface area contributed by atoms with Crippen LogP contribution in [-0.2, 0) is 0 Å². The van der Waals surface area contributed by atoms with Gasteiger partial charge in [0.05, 0.1) is 0 Å². The van der Waals surface area contributed by atoms with Crippen molar-refractivity contribution in [1.82, 2.24) is 0 Å². The number of hydrogen-bond acceptors (Lipinski definition) is 3. The molecule has 58 valence electrons. The lowest BCUT2D eigenvalue weighted by molar-refractivity contribution is -0.0417. The number of aliphatic hydroxyl groups excluding tert-OH is 1. The number of rotatable bonds is 2. The molecule has 11 heavy (non-hydrogen) atoms. The molecule has 0 saturated carbocycles. The molecular weight excluding hydrogens is 143 g/mol. The second-order valence-corrected chi connectivity index (χ2v) is 2.23. The third kappa shape index (κ3) is 1.80. The van der Waals surface area contributed by atoms with Crippen LogP contribution in [0.2, 0.25) is 0 Å². The van der Waals surface area contributed by atoms with E-state index in [9.17, 15) is 0 Å². The summed E-state index contributed by atoms with van der Waals surface area (Å²) in [6.07, 6.45) is -1.50. The first kappa shape index (κ1) is 8.26. The summed E-state index contributed by atoms with van der Waals surface area (Å²) in [6.45, 7) is 0. The third-order valence-corrected chi connectivity index (χ3v) is 1.50. The summed E-state index contributed by atoms with van der Waals surface area (Å²) in [7, 11) is -0.173. The fourth-order valence-electron chi connectivity index (χ4n) is 0.930. The van der Waals surface area contributed by atoms with Crippen LogP contribution in [0.15, 0.2) is 24.3 Å². The number of aliphatic hydroxyl groups is 2. The van der Waals surface area contributed by atoms with Gasteiger partial charge in [0.1, 0.15) is 0 Å². The van der Waals surface area contributed by atoms with E-state index in [2.05, 4.69) is 0 Å². The Balaban J connectivity index is 3.02. The van der Waals surface area contributed by atoms with Crippen LogP contribution in [0.5, 0.6) is 0 Å². The van der Waals surface area contributed by atoms with Gasteiger partial charge in [-0.2, -0.15) is 0 Å². The molecule has 1 aromatic carbocycles. The average Bonchev–Trinajstić information content (AvgIpc) is 2.04. The summed E-state index contributed by atoms with van der Waals surface area (Å²) >= 11 is 0. The van der Waals surface area contributed by atoms with Gasteiger partial charge in [0.25, 0.3) is 0 Å². The van der Waals surface area contributed by atoms with Crippen molar-refractivity contribution in [3.8, 4) is 0 Å². The van der Waals surface area contributed by atoms with Crippen LogP contribution in [-0.4, -0.2) is 22.7 Å². The first-order chi connectivity index (χ1) is 5.25. The minimum absolute atomic E-state index is 0.173. The maximum Gasteiger partial charge on any atom is 0.305 e. The zero-order chi connectivity index (χ0) is 8.27. The van der Waals surface area contributed by atoms with Crippen molar-refractivity contribution in [2.75, 3.05) is 0 Å². The Hall–Kier alpha value is -0.835. The number of benzene rings is 1. The van der Waals surface area contributed by atoms with E-state index in [0.29, 0.717) is 11.0 Å². The molecule has 0 radical (unpaired) electrons. The van der Waals surface area contributed by atoms with Crippen molar-refractivity contribution in [2.45, 2.75) is 6.29 Å². The van der Waals surface area contributed by atoms with E-state index in [1.807, 2.05) is 0 Å². The third-order valence-electron chi connectivity index (χ3n) is 1.50. The lowest BCUT2D eigenvalue weighted by Gasteiger charge is -2.06. The van der Waals surface area contributed by atoms with Crippen molar-refractivity contribution in [2.24, 2.45) is 0 Å². The molecule has 0 spiro atoms. The molecule has 4 heteroatoms. The molecule has 1 aromatic rings. The molecule has 0 aliphatic heterocycles. The molecule has 0 aliphatic rings. The molecule has 0 bridgehead atoms. The summed E-state index contributed by atoms with van der Waals surface area (Å²) in [6, 6.07) is 6.64. The van der Waals surface area contributed by atoms with Gasteiger partial charge >= 0.3 is 7.48 Å². The molecule has 0 aromatic heterocycles. The maximum atomic E-state index is 8.78. The van der Waals surface area contributed by atoms with Crippen molar-refractivity contribution in [1.29, 1.82) is 0 Å². The largest absolute Gasteiger partial charge is 0.449 e. The lowest BCUT2D eigenvalue weighted by Crippen LogP contribution is -2.20. The topological polar surface area (TPSA) is 60.7 Å². The highest BCUT2D eigenvalue weighted by molar-refractivity contribution is 6.46. The summed E-state index contributed by atoms with van der Waals surface area (Å²) < 4.78 is 0. The van der Waals surface area contributed by atoms with Gasteiger partial charge < -0.3 is 15.2 Å². The Labute approximate surface area is 65.2 Å². The minimum atomic E-state index is -1.50. The molecule has 0 amide bonds. The van der Waals surface area contributed by atoms with Crippen molar-refractivity contribution in [3.63, 3.8) is 0 Å². The Morgan fingerprint density at radius 2 is 1.82 bits per heavy atom. The van der Waals surface area contributed by atoms with E-state index >= 15 is 0 Å². The molecule has 3 N–H and O–H groups in total. The molecule has 1 rings (SSSR count). The minimum Gasteiger partial charge on any atom is -0.449 e. The lowest BCUT2D eigenvalue weighted by atomic mass is 9.84. The first-order valence-corrected chi connectivity index (χ1v) is 3.30. The van der Waals surface area contributed by atoms with Gasteiger partial charge in [-0.25, -0.2) is 0 Å². The fraction of sp³-hybridized carbons (Fsp3) is 0.143. The van der Waals surface area contributed by atoms with Crippen LogP contribution >= 0.6 is 0 Å². The summed E-state index contributed by atoms with van der Waals surface area (Å²) in [4.78, 5) is 0. The zero-order valence-electron chi connectivity index (χ0n) is 5.94. The summed E-state index contributed by atoms with van der Waals surface area (Å²) in [5.41, 5.74) is 0.900. The Bertz CT molecular complexity index is 237. The molecule has 0 heterocycles. The Morgan fingerprint density at radius 1 is 1.18 bits per heavy atom. The molecule has 0 fully saturated rings. The monoisotopic (exact) mass is 152 g/mol. The van der Waals surface area contributed by atoms with Gasteiger partial charge in [0.2, 0.25) is 0 Å². The summed E-state index contributed by atoms with van der Waals surface area (Å²) in [5, 5.41) is 26.3. The quantitative estimate of drug-likeness (QED) is 0.362. The van der Waals surface area contributed by atoms with E-state index in [1.165, 1.54) is 0 Å². The maximum absolute atomic E-state index is 8.78. The zero-order valence-corrected chi connectivity index (χ0v) is 5.94. The van der Waals surface area contributed by atoms with Gasteiger partial charge in [-0.3, -0.25) is 0 Å². The highest BCUT2D eigenvalue weighted by atomic mass is 16.5. The predicted octanol–water partition coefficient (Wildman–Crippen LogP) is -1.36. The van der Waals surface area contributed by atoms with E-state index in [1.54, 1.807) is 24.3 Å². The first-order valence-electron chi connectivity index (χ1n) is 3.30. The SMILES string of the molecule is OBc1ccccc1C(O)O. The standard InChI is InChI=1S/C7H9BO3/c9-7(10)5-3-1-2-4-6(5)8-11/h1-4,7-11H. The fourth-order valence-corrected chi connectivity index (χ4v) is 0.930. The van der Waals surface area contributed by atoms with E-state index in [-0.39, 0.29) is 7.48 Å². The van der Waals surface area contributed by atoms with Gasteiger partial charge in [-0.05, 0) is 5.46 Å². The average molecular weight is 152 g/mol.